The Bertz CT molecular complexity index is 607. The highest BCUT2D eigenvalue weighted by molar-refractivity contribution is 5.86. The second kappa shape index (κ2) is 5.63. The number of carboxylic acid groups (broad SMARTS) is 1. The molecular weight excluding hydrogens is 270 g/mol. The number of aromatic nitrogens is 5. The van der Waals surface area contributed by atoms with E-state index in [1.54, 1.807) is 11.9 Å². The summed E-state index contributed by atoms with van der Waals surface area (Å²) in [5.74, 6) is -1.19. The summed E-state index contributed by atoms with van der Waals surface area (Å²) in [5.41, 5.74) is 5.59. The van der Waals surface area contributed by atoms with Gasteiger partial charge in [0.05, 0.1) is 12.3 Å². The Morgan fingerprint density at radius 2 is 2.25 bits per heavy atom. The van der Waals surface area contributed by atoms with Gasteiger partial charge in [-0.3, -0.25) is 4.90 Å². The maximum absolute atomic E-state index is 11.2. The molecule has 0 atom stereocenters. The van der Waals surface area contributed by atoms with Crippen LogP contribution in [0, 0.1) is 0 Å². The maximum atomic E-state index is 11.2. The van der Waals surface area contributed by atoms with Crippen molar-refractivity contribution in [3.63, 3.8) is 0 Å². The molecule has 2 heterocycles. The number of anilines is 1. The molecule has 0 aliphatic heterocycles. The monoisotopic (exact) mass is 283 g/mol. The smallest absolute Gasteiger partial charge is 0.358 e. The zero-order valence-electron chi connectivity index (χ0n) is 10.6. The standard InChI is InChI=1S/C9H13N7O4/c1-15(2-3-17)4-5-6(9(18)19)11-14-16(5)8-7(10)12-20-13-8/h17H,2-4H2,1H3,(H2,10,12)(H,18,19). The third-order valence-electron chi connectivity index (χ3n) is 2.56. The summed E-state index contributed by atoms with van der Waals surface area (Å²) in [6, 6.07) is 0. The molecule has 108 valence electrons. The number of likely N-dealkylation sites (N-methyl/N-ethyl adjacent to an activating group) is 1. The van der Waals surface area contributed by atoms with Gasteiger partial charge in [0.1, 0.15) is 0 Å². The van der Waals surface area contributed by atoms with Gasteiger partial charge in [0.15, 0.2) is 5.69 Å². The van der Waals surface area contributed by atoms with Gasteiger partial charge in [-0.05, 0) is 17.4 Å². The minimum absolute atomic E-state index is 0.0297. The molecule has 2 rings (SSSR count). The van der Waals surface area contributed by atoms with E-state index in [1.807, 2.05) is 0 Å². The molecule has 0 amide bonds. The quantitative estimate of drug-likeness (QED) is 0.561. The van der Waals surface area contributed by atoms with E-state index in [-0.39, 0.29) is 36.2 Å². The van der Waals surface area contributed by atoms with Gasteiger partial charge in [-0.15, -0.1) is 5.10 Å². The highest BCUT2D eigenvalue weighted by Crippen LogP contribution is 2.16. The average molecular weight is 283 g/mol. The van der Waals surface area contributed by atoms with Gasteiger partial charge < -0.3 is 15.9 Å². The fourth-order valence-corrected chi connectivity index (χ4v) is 1.62. The molecule has 2 aromatic rings. The van der Waals surface area contributed by atoms with Crippen LogP contribution in [0.5, 0.6) is 0 Å². The summed E-state index contributed by atoms with van der Waals surface area (Å²) < 4.78 is 5.62. The van der Waals surface area contributed by atoms with E-state index in [1.165, 1.54) is 0 Å². The third-order valence-corrected chi connectivity index (χ3v) is 2.56. The molecule has 0 fully saturated rings. The minimum Gasteiger partial charge on any atom is -0.476 e. The lowest BCUT2D eigenvalue weighted by molar-refractivity contribution is 0.0688. The molecule has 11 heteroatoms. The fraction of sp³-hybridized carbons (Fsp3) is 0.444. The lowest BCUT2D eigenvalue weighted by Gasteiger charge is -2.15. The Balaban J connectivity index is 2.43. The van der Waals surface area contributed by atoms with Crippen LogP contribution >= 0.6 is 0 Å². The number of aliphatic hydroxyl groups is 1. The average Bonchev–Trinajstić information content (AvgIpc) is 2.95. The number of carboxylic acids is 1. The van der Waals surface area contributed by atoms with Crippen LogP contribution in [0.2, 0.25) is 0 Å². The largest absolute Gasteiger partial charge is 0.476 e. The van der Waals surface area contributed by atoms with Gasteiger partial charge in [-0.25, -0.2) is 9.42 Å². The summed E-state index contributed by atoms with van der Waals surface area (Å²) in [6.07, 6.45) is 0. The number of rotatable bonds is 6. The van der Waals surface area contributed by atoms with Crippen molar-refractivity contribution in [2.24, 2.45) is 0 Å². The summed E-state index contributed by atoms with van der Waals surface area (Å²) in [5, 5.41) is 32.3. The third kappa shape index (κ3) is 2.57. The number of aromatic carboxylic acids is 1. The number of hydrogen-bond acceptors (Lipinski definition) is 9. The molecule has 0 aliphatic carbocycles. The second-order valence-electron chi connectivity index (χ2n) is 4.04. The van der Waals surface area contributed by atoms with E-state index in [2.05, 4.69) is 25.3 Å². The molecule has 0 unspecified atom stereocenters. The van der Waals surface area contributed by atoms with Gasteiger partial charge in [-0.1, -0.05) is 5.21 Å². The van der Waals surface area contributed by atoms with Crippen LogP contribution in [0.15, 0.2) is 4.63 Å². The van der Waals surface area contributed by atoms with E-state index >= 15 is 0 Å². The number of hydrogen-bond donors (Lipinski definition) is 3. The molecule has 4 N–H and O–H groups in total. The zero-order chi connectivity index (χ0) is 14.7. The van der Waals surface area contributed by atoms with Crippen LogP contribution in [0.25, 0.3) is 5.82 Å². The fourth-order valence-electron chi connectivity index (χ4n) is 1.62. The minimum atomic E-state index is -1.22. The molecule has 20 heavy (non-hydrogen) atoms. The van der Waals surface area contributed by atoms with Crippen LogP contribution in [0.3, 0.4) is 0 Å². The first kappa shape index (κ1) is 13.9. The molecular formula is C9H13N7O4. The molecule has 0 aliphatic rings. The molecule has 0 radical (unpaired) electrons. The second-order valence-corrected chi connectivity index (χ2v) is 4.04. The first-order chi connectivity index (χ1) is 9.54. The highest BCUT2D eigenvalue weighted by atomic mass is 16.6. The Morgan fingerprint density at radius 1 is 1.50 bits per heavy atom. The van der Waals surface area contributed by atoms with Crippen molar-refractivity contribution in [2.75, 3.05) is 25.9 Å². The molecule has 2 aromatic heterocycles. The van der Waals surface area contributed by atoms with Crippen LogP contribution in [-0.2, 0) is 6.54 Å². The van der Waals surface area contributed by atoms with Crippen molar-refractivity contribution in [2.45, 2.75) is 6.54 Å². The number of aliphatic hydroxyl groups excluding tert-OH is 1. The normalized spacial score (nSPS) is 11.2. The lowest BCUT2D eigenvalue weighted by Crippen LogP contribution is -2.24. The summed E-state index contributed by atoms with van der Waals surface area (Å²) in [6.45, 7) is 0.479. The number of nitrogens with zero attached hydrogens (tertiary/aromatic N) is 6. The van der Waals surface area contributed by atoms with Gasteiger partial charge in [0.2, 0.25) is 11.6 Å². The van der Waals surface area contributed by atoms with Gasteiger partial charge in [0, 0.05) is 13.1 Å². The Morgan fingerprint density at radius 3 is 2.80 bits per heavy atom. The number of nitrogens with two attached hydrogens (primary N) is 1. The van der Waals surface area contributed by atoms with E-state index in [0.29, 0.717) is 6.54 Å². The van der Waals surface area contributed by atoms with Crippen LogP contribution in [0.4, 0.5) is 5.82 Å². The summed E-state index contributed by atoms with van der Waals surface area (Å²) in [4.78, 5) is 12.9. The van der Waals surface area contributed by atoms with Crippen molar-refractivity contribution in [1.82, 2.24) is 30.2 Å². The summed E-state index contributed by atoms with van der Waals surface area (Å²) >= 11 is 0. The first-order valence-electron chi connectivity index (χ1n) is 5.60. The topological polar surface area (TPSA) is 156 Å². The van der Waals surface area contributed by atoms with Crippen LogP contribution < -0.4 is 5.73 Å². The predicted molar refractivity (Wildman–Crippen MR) is 64.0 cm³/mol. The molecule has 0 bridgehead atoms. The van der Waals surface area contributed by atoms with Crippen molar-refractivity contribution in [3.8, 4) is 5.82 Å². The molecule has 0 saturated carbocycles. The summed E-state index contributed by atoms with van der Waals surface area (Å²) in [7, 11) is 1.71. The Labute approximate surface area is 112 Å². The van der Waals surface area contributed by atoms with Crippen molar-refractivity contribution < 1.29 is 19.6 Å². The van der Waals surface area contributed by atoms with Crippen molar-refractivity contribution in [3.05, 3.63) is 11.4 Å². The molecule has 11 nitrogen and oxygen atoms in total. The lowest BCUT2D eigenvalue weighted by atomic mass is 10.3. The van der Waals surface area contributed by atoms with E-state index in [9.17, 15) is 4.79 Å². The van der Waals surface area contributed by atoms with Crippen molar-refractivity contribution in [1.29, 1.82) is 0 Å². The van der Waals surface area contributed by atoms with Gasteiger partial charge in [0.25, 0.3) is 0 Å². The maximum Gasteiger partial charge on any atom is 0.358 e. The van der Waals surface area contributed by atoms with E-state index in [0.717, 1.165) is 4.68 Å². The van der Waals surface area contributed by atoms with Crippen LogP contribution in [0.1, 0.15) is 16.2 Å². The molecule has 0 spiro atoms. The molecule has 0 saturated heterocycles. The van der Waals surface area contributed by atoms with E-state index < -0.39 is 5.97 Å². The van der Waals surface area contributed by atoms with Crippen molar-refractivity contribution >= 4 is 11.8 Å². The predicted octanol–water partition coefficient (Wildman–Crippen LogP) is -1.65. The molecule has 0 aromatic carbocycles. The van der Waals surface area contributed by atoms with Gasteiger partial charge in [-0.2, -0.15) is 4.68 Å². The SMILES string of the molecule is CN(CCO)Cc1c(C(=O)O)nnn1-c1nonc1N. The Kier molecular flexibility index (Phi) is 3.91. The Hall–Kier alpha value is -2.53. The number of carbonyl (C=O) groups is 1. The van der Waals surface area contributed by atoms with Gasteiger partial charge >= 0.3 is 5.97 Å². The highest BCUT2D eigenvalue weighted by Gasteiger charge is 2.24. The number of nitrogen functional groups attached to an aromatic ring is 1. The van der Waals surface area contributed by atoms with E-state index in [4.69, 9.17) is 15.9 Å². The van der Waals surface area contributed by atoms with Crippen LogP contribution in [-0.4, -0.2) is 66.6 Å². The first-order valence-corrected chi connectivity index (χ1v) is 5.60. The zero-order valence-corrected chi connectivity index (χ0v) is 10.6.